The third-order valence-corrected chi connectivity index (χ3v) is 2.95. The second kappa shape index (κ2) is 4.84. The van der Waals surface area contributed by atoms with Crippen molar-refractivity contribution in [3.8, 4) is 0 Å². The summed E-state index contributed by atoms with van der Waals surface area (Å²) in [5.74, 6) is 0. The van der Waals surface area contributed by atoms with Crippen LogP contribution in [0.2, 0.25) is 0 Å². The zero-order valence-electron chi connectivity index (χ0n) is 11.6. The molecule has 2 aromatic rings. The van der Waals surface area contributed by atoms with Crippen LogP contribution >= 0.6 is 0 Å². The van der Waals surface area contributed by atoms with Crippen LogP contribution in [0.25, 0.3) is 0 Å². The lowest BCUT2D eigenvalue weighted by Crippen LogP contribution is -2.21. The lowest BCUT2D eigenvalue weighted by atomic mass is 10.1. The second-order valence-corrected chi connectivity index (χ2v) is 5.63. The maximum Gasteiger partial charge on any atom is 0.0543 e. The quantitative estimate of drug-likeness (QED) is 0.893. The predicted molar refractivity (Wildman–Crippen MR) is 75.7 cm³/mol. The normalized spacial score (nSPS) is 11.6. The number of nitrogens with zero attached hydrogens (tertiary/aromatic N) is 2. The maximum atomic E-state index is 4.40. The number of nitrogens with one attached hydrogen (secondary N) is 1. The molecule has 0 aliphatic rings. The average molecular weight is 243 g/mol. The van der Waals surface area contributed by atoms with Crippen LogP contribution in [-0.2, 0) is 12.1 Å². The molecule has 0 aliphatic heterocycles. The highest BCUT2D eigenvalue weighted by atomic mass is 15.3. The zero-order valence-corrected chi connectivity index (χ0v) is 11.6. The summed E-state index contributed by atoms with van der Waals surface area (Å²) in [5, 5.41) is 7.84. The minimum atomic E-state index is 0.0426. The van der Waals surface area contributed by atoms with Gasteiger partial charge in [-0.2, -0.15) is 5.10 Å². The van der Waals surface area contributed by atoms with Gasteiger partial charge in [0, 0.05) is 24.0 Å². The van der Waals surface area contributed by atoms with Gasteiger partial charge in [-0.05, 0) is 39.3 Å². The SMILES string of the molecule is Cc1ccccc1NCc1cnn(C(C)(C)C)c1. The van der Waals surface area contributed by atoms with E-state index in [2.05, 4.69) is 62.5 Å². The molecule has 1 N–H and O–H groups in total. The van der Waals surface area contributed by atoms with E-state index in [1.807, 2.05) is 16.9 Å². The molecular weight excluding hydrogens is 222 g/mol. The second-order valence-electron chi connectivity index (χ2n) is 5.63. The van der Waals surface area contributed by atoms with Gasteiger partial charge in [0.25, 0.3) is 0 Å². The summed E-state index contributed by atoms with van der Waals surface area (Å²) in [4.78, 5) is 0. The van der Waals surface area contributed by atoms with E-state index < -0.39 is 0 Å². The van der Waals surface area contributed by atoms with Gasteiger partial charge < -0.3 is 5.32 Å². The Balaban J connectivity index is 2.03. The van der Waals surface area contributed by atoms with Crippen molar-refractivity contribution in [1.82, 2.24) is 9.78 Å². The van der Waals surface area contributed by atoms with Gasteiger partial charge in [-0.1, -0.05) is 18.2 Å². The van der Waals surface area contributed by atoms with E-state index in [4.69, 9.17) is 0 Å². The maximum absolute atomic E-state index is 4.40. The molecule has 3 nitrogen and oxygen atoms in total. The van der Waals surface area contributed by atoms with Crippen molar-refractivity contribution in [3.05, 3.63) is 47.8 Å². The number of anilines is 1. The van der Waals surface area contributed by atoms with E-state index in [-0.39, 0.29) is 5.54 Å². The van der Waals surface area contributed by atoms with Crippen molar-refractivity contribution >= 4 is 5.69 Å². The van der Waals surface area contributed by atoms with E-state index in [0.29, 0.717) is 0 Å². The number of rotatable bonds is 3. The van der Waals surface area contributed by atoms with Crippen LogP contribution in [0.1, 0.15) is 31.9 Å². The van der Waals surface area contributed by atoms with Crippen LogP contribution in [0, 0.1) is 6.92 Å². The van der Waals surface area contributed by atoms with Gasteiger partial charge in [0.2, 0.25) is 0 Å². The molecule has 0 saturated carbocycles. The molecule has 1 aromatic carbocycles. The lowest BCUT2D eigenvalue weighted by Gasteiger charge is -2.18. The molecule has 96 valence electrons. The van der Waals surface area contributed by atoms with Gasteiger partial charge in [-0.25, -0.2) is 0 Å². The average Bonchev–Trinajstić information content (AvgIpc) is 2.76. The Morgan fingerprint density at radius 1 is 1.22 bits per heavy atom. The van der Waals surface area contributed by atoms with Crippen LogP contribution in [0.3, 0.4) is 0 Å². The minimum Gasteiger partial charge on any atom is -0.381 e. The van der Waals surface area contributed by atoms with Gasteiger partial charge in [-0.3, -0.25) is 4.68 Å². The third kappa shape index (κ3) is 2.92. The van der Waals surface area contributed by atoms with Gasteiger partial charge in [0.15, 0.2) is 0 Å². The van der Waals surface area contributed by atoms with E-state index in [1.54, 1.807) is 0 Å². The Morgan fingerprint density at radius 3 is 2.56 bits per heavy atom. The van der Waals surface area contributed by atoms with Crippen molar-refractivity contribution in [2.75, 3.05) is 5.32 Å². The number of benzene rings is 1. The minimum absolute atomic E-state index is 0.0426. The fraction of sp³-hybridized carbons (Fsp3) is 0.400. The van der Waals surface area contributed by atoms with E-state index in [9.17, 15) is 0 Å². The van der Waals surface area contributed by atoms with Crippen LogP contribution in [0.5, 0.6) is 0 Å². The molecule has 0 aliphatic carbocycles. The van der Waals surface area contributed by atoms with Gasteiger partial charge in [-0.15, -0.1) is 0 Å². The topological polar surface area (TPSA) is 29.9 Å². The summed E-state index contributed by atoms with van der Waals surface area (Å²) in [5.41, 5.74) is 3.69. The van der Waals surface area contributed by atoms with Gasteiger partial charge >= 0.3 is 0 Å². The predicted octanol–water partition coefficient (Wildman–Crippen LogP) is 3.56. The number of hydrogen-bond acceptors (Lipinski definition) is 2. The summed E-state index contributed by atoms with van der Waals surface area (Å²) in [7, 11) is 0. The Hall–Kier alpha value is -1.77. The molecule has 0 fully saturated rings. The Morgan fingerprint density at radius 2 is 1.94 bits per heavy atom. The highest BCUT2D eigenvalue weighted by Crippen LogP contribution is 2.16. The molecule has 0 atom stereocenters. The Labute approximate surface area is 109 Å². The van der Waals surface area contributed by atoms with Crippen LogP contribution in [0.4, 0.5) is 5.69 Å². The molecule has 0 saturated heterocycles. The van der Waals surface area contributed by atoms with Crippen LogP contribution in [0.15, 0.2) is 36.7 Å². The molecule has 0 bridgehead atoms. The van der Waals surface area contributed by atoms with Gasteiger partial charge in [0.05, 0.1) is 11.7 Å². The van der Waals surface area contributed by atoms with Gasteiger partial charge in [0.1, 0.15) is 0 Å². The lowest BCUT2D eigenvalue weighted by molar-refractivity contribution is 0.355. The fourth-order valence-electron chi connectivity index (χ4n) is 1.79. The molecule has 1 aromatic heterocycles. The molecule has 0 radical (unpaired) electrons. The van der Waals surface area contributed by atoms with Crippen molar-refractivity contribution in [2.24, 2.45) is 0 Å². The Kier molecular flexibility index (Phi) is 3.41. The first-order valence-electron chi connectivity index (χ1n) is 6.30. The van der Waals surface area contributed by atoms with Crippen LogP contribution < -0.4 is 5.32 Å². The fourth-order valence-corrected chi connectivity index (χ4v) is 1.79. The summed E-state index contributed by atoms with van der Waals surface area (Å²) in [6, 6.07) is 8.32. The van der Waals surface area contributed by atoms with Crippen LogP contribution in [-0.4, -0.2) is 9.78 Å². The smallest absolute Gasteiger partial charge is 0.0543 e. The van der Waals surface area contributed by atoms with Crippen molar-refractivity contribution in [2.45, 2.75) is 39.8 Å². The largest absolute Gasteiger partial charge is 0.381 e. The molecule has 1 heterocycles. The highest BCUT2D eigenvalue weighted by molar-refractivity contribution is 5.50. The molecular formula is C15H21N3. The molecule has 2 rings (SSSR count). The molecule has 18 heavy (non-hydrogen) atoms. The molecule has 0 amide bonds. The number of para-hydroxylation sites is 1. The van der Waals surface area contributed by atoms with Crippen molar-refractivity contribution in [1.29, 1.82) is 0 Å². The standard InChI is InChI=1S/C15H21N3/c1-12-7-5-6-8-14(12)16-9-13-10-17-18(11-13)15(2,3)4/h5-8,10-11,16H,9H2,1-4H3. The number of hydrogen-bond donors (Lipinski definition) is 1. The first-order valence-corrected chi connectivity index (χ1v) is 6.30. The van der Waals surface area contributed by atoms with Crippen molar-refractivity contribution < 1.29 is 0 Å². The van der Waals surface area contributed by atoms with Crippen molar-refractivity contribution in [3.63, 3.8) is 0 Å². The summed E-state index contributed by atoms with van der Waals surface area (Å²) < 4.78 is 2.00. The first-order chi connectivity index (χ1) is 8.47. The summed E-state index contributed by atoms with van der Waals surface area (Å²) >= 11 is 0. The third-order valence-electron chi connectivity index (χ3n) is 2.95. The molecule has 3 heteroatoms. The number of aryl methyl sites for hydroxylation is 1. The summed E-state index contributed by atoms with van der Waals surface area (Å²) in [6.45, 7) is 9.37. The zero-order chi connectivity index (χ0) is 13.2. The molecule has 0 unspecified atom stereocenters. The van der Waals surface area contributed by atoms with E-state index in [0.717, 1.165) is 6.54 Å². The summed E-state index contributed by atoms with van der Waals surface area (Å²) in [6.07, 6.45) is 4.03. The molecule has 0 spiro atoms. The first kappa shape index (κ1) is 12.7. The van der Waals surface area contributed by atoms with E-state index >= 15 is 0 Å². The number of aromatic nitrogens is 2. The highest BCUT2D eigenvalue weighted by Gasteiger charge is 2.13. The Bertz CT molecular complexity index is 521. The van der Waals surface area contributed by atoms with E-state index in [1.165, 1.54) is 16.8 Å². The monoisotopic (exact) mass is 243 g/mol.